The van der Waals surface area contributed by atoms with Crippen LogP contribution in [0.4, 0.5) is 0 Å². The topological polar surface area (TPSA) is 19.1 Å². The lowest BCUT2D eigenvalue weighted by atomic mass is 9.34. The summed E-state index contributed by atoms with van der Waals surface area (Å²) < 4.78 is 12.5. The number of hydrogen-bond donors (Lipinski definition) is 0. The van der Waals surface area contributed by atoms with Crippen LogP contribution in [0, 0.1) is 0 Å². The van der Waals surface area contributed by atoms with Crippen molar-refractivity contribution in [1.82, 2.24) is 9.13 Å². The van der Waals surface area contributed by atoms with Crippen molar-refractivity contribution < 1.29 is 4.74 Å². The molecule has 0 bridgehead atoms. The average Bonchev–Trinajstić information content (AvgIpc) is 4.07. The van der Waals surface area contributed by atoms with Gasteiger partial charge in [0.05, 0.1) is 27.5 Å². The van der Waals surface area contributed by atoms with Crippen molar-refractivity contribution in [3.8, 4) is 45.1 Å². The van der Waals surface area contributed by atoms with Crippen LogP contribution in [-0.2, 0) is 10.8 Å². The highest BCUT2D eigenvalue weighted by Gasteiger charge is 2.54. The van der Waals surface area contributed by atoms with E-state index >= 15 is 0 Å². The van der Waals surface area contributed by atoms with Crippen LogP contribution in [0.2, 0.25) is 0 Å². The third kappa shape index (κ3) is 4.27. The van der Waals surface area contributed by atoms with Crippen LogP contribution >= 0.6 is 0 Å². The zero-order valence-electron chi connectivity index (χ0n) is 37.4. The lowest BCUT2D eigenvalue weighted by Crippen LogP contribution is -2.58. The Labute approximate surface area is 388 Å². The first-order chi connectivity index (χ1) is 32.9. The molecule has 0 N–H and O–H groups in total. The molecule has 67 heavy (non-hydrogen) atoms. The average molecular weight is 853 g/mol. The number of para-hydroxylation sites is 2. The Bertz CT molecular complexity index is 4190. The summed E-state index contributed by atoms with van der Waals surface area (Å²) >= 11 is 0. The van der Waals surface area contributed by atoms with Gasteiger partial charge < -0.3 is 13.9 Å². The molecule has 1 spiro atoms. The van der Waals surface area contributed by atoms with Crippen LogP contribution in [-0.4, -0.2) is 15.8 Å². The Morgan fingerprint density at radius 1 is 0.478 bits per heavy atom. The SMILES string of the molecule is CC(C)(C)c1ccc(-n2c3ccccc3c3cc4cc5c6c(c4cc32)c2ccccc2n6-c2cccc3c2B5c2ccc4c(c2O3)-c2ccccc2C42c3ccccc3-c3ccccc32)cc1. The summed E-state index contributed by atoms with van der Waals surface area (Å²) in [6.07, 6.45) is 0. The molecule has 12 aromatic rings. The van der Waals surface area contributed by atoms with Gasteiger partial charge in [-0.15, -0.1) is 0 Å². The first-order valence-electron chi connectivity index (χ1n) is 23.7. The Hall–Kier alpha value is -8.08. The van der Waals surface area contributed by atoms with E-state index in [1.165, 1.54) is 132 Å². The molecule has 0 fully saturated rings. The van der Waals surface area contributed by atoms with Crippen LogP contribution in [0.15, 0.2) is 194 Å². The van der Waals surface area contributed by atoms with Crippen LogP contribution in [0.3, 0.4) is 0 Å². The third-order valence-electron chi connectivity index (χ3n) is 16.1. The molecule has 3 nitrogen and oxygen atoms in total. The van der Waals surface area contributed by atoms with Gasteiger partial charge in [-0.2, -0.15) is 0 Å². The maximum Gasteiger partial charge on any atom is 0.256 e. The summed E-state index contributed by atoms with van der Waals surface area (Å²) in [6.45, 7) is 6.81. The Morgan fingerprint density at radius 2 is 1.12 bits per heavy atom. The van der Waals surface area contributed by atoms with E-state index in [0.717, 1.165) is 11.5 Å². The molecule has 4 heterocycles. The van der Waals surface area contributed by atoms with E-state index in [4.69, 9.17) is 4.74 Å². The molecule has 10 aromatic carbocycles. The molecule has 0 saturated carbocycles. The van der Waals surface area contributed by atoms with Crippen molar-refractivity contribution >= 4 is 77.5 Å². The highest BCUT2D eigenvalue weighted by Crippen LogP contribution is 2.64. The number of fused-ring (bicyclic) bond motifs is 23. The quantitative estimate of drug-likeness (QED) is 0.151. The number of nitrogens with zero attached hydrogens (tertiary/aromatic N) is 2. The maximum atomic E-state index is 7.45. The monoisotopic (exact) mass is 852 g/mol. The van der Waals surface area contributed by atoms with E-state index in [9.17, 15) is 0 Å². The van der Waals surface area contributed by atoms with E-state index in [1.54, 1.807) is 0 Å². The molecule has 4 heteroatoms. The number of hydrogen-bond acceptors (Lipinski definition) is 1. The van der Waals surface area contributed by atoms with Crippen molar-refractivity contribution in [1.29, 1.82) is 0 Å². The summed E-state index contributed by atoms with van der Waals surface area (Å²) in [4.78, 5) is 0. The van der Waals surface area contributed by atoms with Crippen molar-refractivity contribution in [2.75, 3.05) is 0 Å². The summed E-state index contributed by atoms with van der Waals surface area (Å²) in [5.41, 5.74) is 22.4. The standard InChI is InChI=1S/C63H41BN2O/c1-62(2,3)37-27-29-38(30-28-37)65-52-23-12-7-17-41(52)45-33-36-34-51-60-57(44(36)35-55(45)65)43-19-8-13-24-53(43)66(60)54-25-14-26-56-59(54)64(51)50-32-31-49-58(61(50)67-56)42-18-6-11-22-48(42)63(49)46-20-9-4-15-39(46)40-16-5-10-21-47(40)63/h4-35H,1-3H3. The lowest BCUT2D eigenvalue weighted by Gasteiger charge is -2.35. The minimum Gasteiger partial charge on any atom is -0.458 e. The smallest absolute Gasteiger partial charge is 0.256 e. The van der Waals surface area contributed by atoms with Crippen molar-refractivity contribution in [3.63, 3.8) is 0 Å². The van der Waals surface area contributed by atoms with E-state index in [0.29, 0.717) is 0 Å². The van der Waals surface area contributed by atoms with Gasteiger partial charge in [0, 0.05) is 38.5 Å². The van der Waals surface area contributed by atoms with Gasteiger partial charge in [-0.25, -0.2) is 0 Å². The van der Waals surface area contributed by atoms with E-state index < -0.39 is 5.41 Å². The third-order valence-corrected chi connectivity index (χ3v) is 16.1. The van der Waals surface area contributed by atoms with Gasteiger partial charge in [0.15, 0.2) is 0 Å². The summed E-state index contributed by atoms with van der Waals surface area (Å²) in [5, 5.41) is 7.62. The lowest BCUT2D eigenvalue weighted by molar-refractivity contribution is 0.488. The fourth-order valence-electron chi connectivity index (χ4n) is 13.4. The van der Waals surface area contributed by atoms with Gasteiger partial charge in [0.25, 0.3) is 6.71 Å². The minimum absolute atomic E-state index is 0.0470. The van der Waals surface area contributed by atoms with Gasteiger partial charge in [-0.05, 0) is 126 Å². The van der Waals surface area contributed by atoms with E-state index in [1.807, 2.05) is 0 Å². The predicted molar refractivity (Wildman–Crippen MR) is 279 cm³/mol. The van der Waals surface area contributed by atoms with Gasteiger partial charge in [-0.3, -0.25) is 0 Å². The van der Waals surface area contributed by atoms with Crippen molar-refractivity contribution in [3.05, 3.63) is 222 Å². The fraction of sp³-hybridized carbons (Fsp3) is 0.0794. The molecule has 0 unspecified atom stereocenters. The molecule has 0 radical (unpaired) electrons. The number of benzene rings is 10. The van der Waals surface area contributed by atoms with Gasteiger partial charge in [0.1, 0.15) is 11.5 Å². The fourth-order valence-corrected chi connectivity index (χ4v) is 13.4. The number of ether oxygens (including phenoxy) is 1. The Morgan fingerprint density at radius 3 is 1.85 bits per heavy atom. The molecule has 312 valence electrons. The molecule has 16 rings (SSSR count). The zero-order valence-corrected chi connectivity index (χ0v) is 37.4. The second kappa shape index (κ2) is 12.2. The molecule has 0 atom stereocenters. The Balaban J connectivity index is 1.01. The summed E-state index contributed by atoms with van der Waals surface area (Å²) in [6, 6.07) is 73.5. The minimum atomic E-state index is -0.450. The van der Waals surface area contributed by atoms with E-state index in [-0.39, 0.29) is 12.1 Å². The highest BCUT2D eigenvalue weighted by molar-refractivity contribution is 6.99. The van der Waals surface area contributed by atoms with Crippen LogP contribution in [0.1, 0.15) is 48.6 Å². The molecule has 2 aliphatic heterocycles. The summed E-state index contributed by atoms with van der Waals surface area (Å²) in [5.74, 6) is 1.91. The second-order valence-corrected chi connectivity index (χ2v) is 20.3. The first kappa shape index (κ1) is 36.2. The van der Waals surface area contributed by atoms with Crippen LogP contribution in [0.25, 0.3) is 88.0 Å². The molecule has 2 aliphatic carbocycles. The van der Waals surface area contributed by atoms with Crippen molar-refractivity contribution in [2.24, 2.45) is 0 Å². The maximum absolute atomic E-state index is 7.45. The molecular formula is C63H41BN2O. The normalized spacial score (nSPS) is 14.4. The predicted octanol–water partition coefficient (Wildman–Crippen LogP) is 13.6. The molecular weight excluding hydrogens is 812 g/mol. The van der Waals surface area contributed by atoms with Crippen LogP contribution < -0.4 is 21.1 Å². The molecule has 4 aliphatic rings. The molecule has 0 saturated heterocycles. The molecule has 2 aromatic heterocycles. The Kier molecular flexibility index (Phi) is 6.60. The number of aromatic nitrogens is 2. The van der Waals surface area contributed by atoms with Gasteiger partial charge in [-0.1, -0.05) is 166 Å². The van der Waals surface area contributed by atoms with Gasteiger partial charge >= 0.3 is 0 Å². The van der Waals surface area contributed by atoms with E-state index in [2.05, 4.69) is 224 Å². The highest BCUT2D eigenvalue weighted by atomic mass is 16.5. The first-order valence-corrected chi connectivity index (χ1v) is 23.7. The molecule has 0 amide bonds. The summed E-state index contributed by atoms with van der Waals surface area (Å²) in [7, 11) is 0. The van der Waals surface area contributed by atoms with Crippen molar-refractivity contribution in [2.45, 2.75) is 31.6 Å². The second-order valence-electron chi connectivity index (χ2n) is 20.3. The largest absolute Gasteiger partial charge is 0.458 e. The van der Waals surface area contributed by atoms with Gasteiger partial charge in [0.2, 0.25) is 0 Å². The van der Waals surface area contributed by atoms with Crippen LogP contribution in [0.5, 0.6) is 11.5 Å². The zero-order chi connectivity index (χ0) is 44.1. The number of rotatable bonds is 1.